The fourth-order valence-corrected chi connectivity index (χ4v) is 2.59. The third kappa shape index (κ3) is 2.26. The fraction of sp³-hybridized carbons (Fsp3) is 1.00. The van der Waals surface area contributed by atoms with Gasteiger partial charge in [-0.3, -0.25) is 0 Å². The van der Waals surface area contributed by atoms with Crippen LogP contribution in [0.15, 0.2) is 0 Å². The van der Waals surface area contributed by atoms with Gasteiger partial charge in [-0.25, -0.2) is 0 Å². The summed E-state index contributed by atoms with van der Waals surface area (Å²) in [4.78, 5) is 0. The van der Waals surface area contributed by atoms with Gasteiger partial charge in [0.25, 0.3) is 0 Å². The first-order chi connectivity index (χ1) is 6.68. The molecule has 0 bridgehead atoms. The average molecular weight is 230 g/mol. The molecular weight excluding hydrogens is 215 g/mol. The summed E-state index contributed by atoms with van der Waals surface area (Å²) in [5.74, 6) is -7.24. The topological polar surface area (TPSA) is 0 Å². The molecule has 90 valence electrons. The highest BCUT2D eigenvalue weighted by molar-refractivity contribution is 4.92. The Bertz CT molecular complexity index is 210. The van der Waals surface area contributed by atoms with E-state index >= 15 is 0 Å². The van der Waals surface area contributed by atoms with Crippen molar-refractivity contribution in [3.05, 3.63) is 0 Å². The molecule has 0 N–H and O–H groups in total. The molecule has 0 nitrogen and oxygen atoms in total. The molecule has 0 heterocycles. The molecule has 15 heavy (non-hydrogen) atoms. The minimum Gasteiger partial charge on any atom is -0.196 e. The normalized spacial score (nSPS) is 30.6. The minimum absolute atomic E-state index is 0.459. The summed E-state index contributed by atoms with van der Waals surface area (Å²) in [5.41, 5.74) is 0. The summed E-state index contributed by atoms with van der Waals surface area (Å²) >= 11 is 0. The summed E-state index contributed by atoms with van der Waals surface area (Å²) in [7, 11) is 0. The summed E-state index contributed by atoms with van der Waals surface area (Å²) in [5, 5.41) is 0. The van der Waals surface area contributed by atoms with Crippen LogP contribution in [0.4, 0.5) is 22.0 Å². The SMILES string of the molecule is C[C@@H]1CCC[C@@H](C)C1C(F)(F)C(F)(F)F. The van der Waals surface area contributed by atoms with Crippen molar-refractivity contribution < 1.29 is 22.0 Å². The quantitative estimate of drug-likeness (QED) is 0.590. The molecule has 0 unspecified atom stereocenters. The number of halogens is 5. The molecule has 1 aliphatic rings. The molecule has 0 saturated heterocycles. The third-order valence-electron chi connectivity index (χ3n) is 3.34. The number of alkyl halides is 5. The highest BCUT2D eigenvalue weighted by atomic mass is 19.4. The Morgan fingerprint density at radius 3 is 1.60 bits per heavy atom. The lowest BCUT2D eigenvalue weighted by Gasteiger charge is -2.40. The van der Waals surface area contributed by atoms with Crippen molar-refractivity contribution in [1.82, 2.24) is 0 Å². The Hall–Kier alpha value is -0.350. The zero-order chi connectivity index (χ0) is 11.9. The van der Waals surface area contributed by atoms with Crippen molar-refractivity contribution in [2.75, 3.05) is 0 Å². The molecule has 1 rings (SSSR count). The second-order valence-electron chi connectivity index (χ2n) is 4.53. The van der Waals surface area contributed by atoms with Gasteiger partial charge < -0.3 is 0 Å². The summed E-state index contributed by atoms with van der Waals surface area (Å²) < 4.78 is 63.0. The maximum atomic E-state index is 13.2. The van der Waals surface area contributed by atoms with Gasteiger partial charge in [0.15, 0.2) is 0 Å². The van der Waals surface area contributed by atoms with Crippen LogP contribution >= 0.6 is 0 Å². The molecule has 0 aromatic rings. The van der Waals surface area contributed by atoms with Crippen molar-refractivity contribution in [2.24, 2.45) is 17.8 Å². The third-order valence-corrected chi connectivity index (χ3v) is 3.34. The monoisotopic (exact) mass is 230 g/mol. The Morgan fingerprint density at radius 2 is 1.27 bits per heavy atom. The van der Waals surface area contributed by atoms with Crippen LogP contribution in [0.5, 0.6) is 0 Å². The number of hydrogen-bond acceptors (Lipinski definition) is 0. The van der Waals surface area contributed by atoms with Crippen LogP contribution in [0.2, 0.25) is 0 Å². The van der Waals surface area contributed by atoms with E-state index in [-0.39, 0.29) is 0 Å². The van der Waals surface area contributed by atoms with E-state index in [1.165, 1.54) is 13.8 Å². The lowest BCUT2D eigenvalue weighted by molar-refractivity contribution is -0.316. The Kier molecular flexibility index (Phi) is 3.31. The smallest absolute Gasteiger partial charge is 0.196 e. The highest BCUT2D eigenvalue weighted by Crippen LogP contribution is 2.50. The molecule has 0 spiro atoms. The van der Waals surface area contributed by atoms with Crippen LogP contribution in [-0.4, -0.2) is 12.1 Å². The van der Waals surface area contributed by atoms with E-state index in [1.807, 2.05) is 0 Å². The first-order valence-corrected chi connectivity index (χ1v) is 5.12. The maximum absolute atomic E-state index is 13.2. The lowest BCUT2D eigenvalue weighted by atomic mass is 9.70. The van der Waals surface area contributed by atoms with Gasteiger partial charge in [0, 0.05) is 5.92 Å². The van der Waals surface area contributed by atoms with Crippen molar-refractivity contribution in [2.45, 2.75) is 45.2 Å². The van der Waals surface area contributed by atoms with Crippen LogP contribution in [0.3, 0.4) is 0 Å². The Balaban J connectivity index is 2.92. The number of hydrogen-bond donors (Lipinski definition) is 0. The predicted octanol–water partition coefficient (Wildman–Crippen LogP) is 4.26. The number of rotatable bonds is 1. The average Bonchev–Trinajstić information content (AvgIpc) is 2.00. The molecule has 1 saturated carbocycles. The molecule has 0 aromatic heterocycles. The van der Waals surface area contributed by atoms with Gasteiger partial charge in [-0.1, -0.05) is 33.1 Å². The molecule has 0 radical (unpaired) electrons. The van der Waals surface area contributed by atoms with E-state index in [0.29, 0.717) is 12.8 Å². The predicted molar refractivity (Wildman–Crippen MR) is 46.7 cm³/mol. The molecular formula is C10H15F5. The Labute approximate surface area is 85.8 Å². The molecule has 1 aliphatic carbocycles. The van der Waals surface area contributed by atoms with Gasteiger partial charge >= 0.3 is 12.1 Å². The first kappa shape index (κ1) is 12.7. The first-order valence-electron chi connectivity index (χ1n) is 5.12. The molecule has 0 aromatic carbocycles. The largest absolute Gasteiger partial charge is 0.453 e. The van der Waals surface area contributed by atoms with Crippen molar-refractivity contribution in [3.8, 4) is 0 Å². The summed E-state index contributed by atoms with van der Waals surface area (Å²) in [6, 6.07) is 0. The van der Waals surface area contributed by atoms with Crippen molar-refractivity contribution in [3.63, 3.8) is 0 Å². The van der Waals surface area contributed by atoms with E-state index in [2.05, 4.69) is 0 Å². The van der Waals surface area contributed by atoms with Crippen molar-refractivity contribution in [1.29, 1.82) is 0 Å². The van der Waals surface area contributed by atoms with Crippen LogP contribution in [0.1, 0.15) is 33.1 Å². The molecule has 0 aliphatic heterocycles. The zero-order valence-electron chi connectivity index (χ0n) is 8.74. The lowest BCUT2D eigenvalue weighted by Crippen LogP contribution is -2.49. The van der Waals surface area contributed by atoms with Crippen LogP contribution in [0, 0.1) is 17.8 Å². The van der Waals surface area contributed by atoms with Crippen molar-refractivity contribution >= 4 is 0 Å². The van der Waals surface area contributed by atoms with E-state index in [0.717, 1.165) is 6.42 Å². The van der Waals surface area contributed by atoms with E-state index in [4.69, 9.17) is 0 Å². The van der Waals surface area contributed by atoms with Gasteiger partial charge in [0.1, 0.15) is 0 Å². The van der Waals surface area contributed by atoms with Gasteiger partial charge in [-0.2, -0.15) is 22.0 Å². The van der Waals surface area contributed by atoms with Gasteiger partial charge in [-0.05, 0) is 11.8 Å². The molecule has 5 heteroatoms. The summed E-state index contributed by atoms with van der Waals surface area (Å²) in [6.45, 7) is 2.97. The zero-order valence-corrected chi connectivity index (χ0v) is 8.74. The van der Waals surface area contributed by atoms with Gasteiger partial charge in [0.2, 0.25) is 0 Å². The summed E-state index contributed by atoms with van der Waals surface area (Å²) in [6.07, 6.45) is -3.76. The highest BCUT2D eigenvalue weighted by Gasteiger charge is 2.64. The molecule has 0 amide bonds. The standard InChI is InChI=1S/C10H15F5/c1-6-4-3-5-7(2)8(6)9(11,12)10(13,14)15/h6-8H,3-5H2,1-2H3/t6-,7-/m1/s1. The molecule has 2 atom stereocenters. The maximum Gasteiger partial charge on any atom is 0.453 e. The van der Waals surface area contributed by atoms with Crippen LogP contribution in [0.25, 0.3) is 0 Å². The Morgan fingerprint density at radius 1 is 0.867 bits per heavy atom. The fourth-order valence-electron chi connectivity index (χ4n) is 2.59. The molecule has 1 fully saturated rings. The van der Waals surface area contributed by atoms with Crippen LogP contribution < -0.4 is 0 Å². The second-order valence-corrected chi connectivity index (χ2v) is 4.53. The van der Waals surface area contributed by atoms with E-state index < -0.39 is 29.9 Å². The van der Waals surface area contributed by atoms with E-state index in [1.54, 1.807) is 0 Å². The van der Waals surface area contributed by atoms with Crippen LogP contribution in [-0.2, 0) is 0 Å². The second kappa shape index (κ2) is 3.91. The van der Waals surface area contributed by atoms with E-state index in [9.17, 15) is 22.0 Å². The van der Waals surface area contributed by atoms with Gasteiger partial charge in [0.05, 0.1) is 0 Å². The minimum atomic E-state index is -5.42. The van der Waals surface area contributed by atoms with Gasteiger partial charge in [-0.15, -0.1) is 0 Å².